The summed E-state index contributed by atoms with van der Waals surface area (Å²) in [5.74, 6) is -0.687. The molecule has 1 fully saturated rings. The van der Waals surface area contributed by atoms with Gasteiger partial charge in [0.1, 0.15) is 0 Å². The second-order valence-electron chi connectivity index (χ2n) is 7.49. The number of rotatable bonds is 3. The Morgan fingerprint density at radius 1 is 1.35 bits per heavy atom. The number of anilines is 1. The standard InChI is InChI=1S/C17H21N3O4S2/c1-17(2,3)20-9-10(7-14(20)21)15(22)19-16-18-12-6-5-11(26(4,23)24)8-13(12)25-16/h5-6,8,10H,7,9H2,1-4H3,(H,18,19,22)/t10-/m0/s1. The highest BCUT2D eigenvalue weighted by Crippen LogP contribution is 2.30. The fourth-order valence-corrected chi connectivity index (χ4v) is 4.56. The summed E-state index contributed by atoms with van der Waals surface area (Å²) in [7, 11) is -3.30. The van der Waals surface area contributed by atoms with Crippen molar-refractivity contribution < 1.29 is 18.0 Å². The highest BCUT2D eigenvalue weighted by atomic mass is 32.2. The first-order valence-corrected chi connectivity index (χ1v) is 10.9. The molecule has 0 aliphatic carbocycles. The molecule has 2 heterocycles. The van der Waals surface area contributed by atoms with Gasteiger partial charge in [-0.2, -0.15) is 0 Å². The zero-order valence-corrected chi connectivity index (χ0v) is 16.7. The van der Waals surface area contributed by atoms with Crippen LogP contribution in [0.2, 0.25) is 0 Å². The summed E-state index contributed by atoms with van der Waals surface area (Å²) in [4.78, 5) is 30.9. The molecule has 0 spiro atoms. The van der Waals surface area contributed by atoms with Crippen LogP contribution in [0.4, 0.5) is 5.13 Å². The fourth-order valence-electron chi connectivity index (χ4n) is 2.93. The van der Waals surface area contributed by atoms with Crippen molar-refractivity contribution in [2.75, 3.05) is 18.1 Å². The van der Waals surface area contributed by atoms with E-state index in [1.165, 1.54) is 17.4 Å². The molecule has 1 aliphatic heterocycles. The summed E-state index contributed by atoms with van der Waals surface area (Å²) in [5.41, 5.74) is 0.306. The molecule has 26 heavy (non-hydrogen) atoms. The van der Waals surface area contributed by atoms with E-state index in [9.17, 15) is 18.0 Å². The number of amides is 2. The van der Waals surface area contributed by atoms with Gasteiger partial charge in [0.05, 0.1) is 21.0 Å². The minimum absolute atomic E-state index is 0.0280. The lowest BCUT2D eigenvalue weighted by molar-refractivity contribution is -0.131. The quantitative estimate of drug-likeness (QED) is 0.860. The van der Waals surface area contributed by atoms with E-state index in [2.05, 4.69) is 10.3 Å². The van der Waals surface area contributed by atoms with Crippen LogP contribution in [0, 0.1) is 5.92 Å². The van der Waals surface area contributed by atoms with E-state index >= 15 is 0 Å². The third kappa shape index (κ3) is 3.73. The average molecular weight is 396 g/mol. The number of thiazole rings is 1. The number of aromatic nitrogens is 1. The summed E-state index contributed by atoms with van der Waals surface area (Å²) < 4.78 is 24.0. The predicted octanol–water partition coefficient (Wildman–Crippen LogP) is 2.29. The van der Waals surface area contributed by atoms with Gasteiger partial charge in [0.25, 0.3) is 0 Å². The molecule has 1 N–H and O–H groups in total. The van der Waals surface area contributed by atoms with Crippen molar-refractivity contribution in [3.05, 3.63) is 18.2 Å². The first kappa shape index (κ1) is 18.8. The molecule has 140 valence electrons. The Kier molecular flexibility index (Phi) is 4.56. The van der Waals surface area contributed by atoms with Gasteiger partial charge in [0.15, 0.2) is 15.0 Å². The molecule has 0 saturated carbocycles. The summed E-state index contributed by atoms with van der Waals surface area (Å²) in [5, 5.41) is 3.16. The third-order valence-electron chi connectivity index (χ3n) is 4.32. The number of nitrogens with one attached hydrogen (secondary N) is 1. The number of nitrogens with zero attached hydrogens (tertiary/aromatic N) is 2. The number of hydrogen-bond donors (Lipinski definition) is 1. The highest BCUT2D eigenvalue weighted by molar-refractivity contribution is 7.90. The van der Waals surface area contributed by atoms with Crippen molar-refractivity contribution in [2.24, 2.45) is 5.92 Å². The van der Waals surface area contributed by atoms with E-state index in [0.717, 1.165) is 6.26 Å². The first-order valence-electron chi connectivity index (χ1n) is 8.17. The van der Waals surface area contributed by atoms with Crippen LogP contribution in [-0.2, 0) is 19.4 Å². The summed E-state index contributed by atoms with van der Waals surface area (Å²) in [6, 6.07) is 4.68. The molecule has 0 unspecified atom stereocenters. The number of likely N-dealkylation sites (tertiary alicyclic amines) is 1. The monoisotopic (exact) mass is 395 g/mol. The molecule has 7 nitrogen and oxygen atoms in total. The Hall–Kier alpha value is -2.00. The highest BCUT2D eigenvalue weighted by Gasteiger charge is 2.39. The molecular weight excluding hydrogens is 374 g/mol. The Morgan fingerprint density at radius 3 is 2.62 bits per heavy atom. The maximum Gasteiger partial charge on any atom is 0.231 e. The molecule has 1 aliphatic rings. The third-order valence-corrected chi connectivity index (χ3v) is 6.37. The average Bonchev–Trinajstić information content (AvgIpc) is 3.07. The second kappa shape index (κ2) is 6.31. The molecule has 1 aromatic heterocycles. The molecule has 0 radical (unpaired) electrons. The van der Waals surface area contributed by atoms with E-state index in [4.69, 9.17) is 0 Å². The maximum atomic E-state index is 12.5. The molecule has 2 aromatic rings. The predicted molar refractivity (Wildman–Crippen MR) is 101 cm³/mol. The van der Waals surface area contributed by atoms with Crippen molar-refractivity contribution in [1.82, 2.24) is 9.88 Å². The van der Waals surface area contributed by atoms with Gasteiger partial charge < -0.3 is 10.2 Å². The van der Waals surface area contributed by atoms with E-state index < -0.39 is 15.8 Å². The van der Waals surface area contributed by atoms with Gasteiger partial charge >= 0.3 is 0 Å². The van der Waals surface area contributed by atoms with Crippen molar-refractivity contribution in [2.45, 2.75) is 37.6 Å². The van der Waals surface area contributed by atoms with Gasteiger partial charge in [-0.05, 0) is 39.0 Å². The van der Waals surface area contributed by atoms with Crippen molar-refractivity contribution in [1.29, 1.82) is 0 Å². The van der Waals surface area contributed by atoms with E-state index in [1.807, 2.05) is 20.8 Å². The lowest BCUT2D eigenvalue weighted by Gasteiger charge is -2.31. The zero-order chi connectivity index (χ0) is 19.3. The van der Waals surface area contributed by atoms with Crippen LogP contribution < -0.4 is 5.32 Å². The Bertz CT molecular complexity index is 989. The van der Waals surface area contributed by atoms with Gasteiger partial charge in [-0.25, -0.2) is 13.4 Å². The topological polar surface area (TPSA) is 96.4 Å². The van der Waals surface area contributed by atoms with Crippen molar-refractivity contribution in [3.63, 3.8) is 0 Å². The Morgan fingerprint density at radius 2 is 2.04 bits per heavy atom. The summed E-state index contributed by atoms with van der Waals surface area (Å²) in [6.07, 6.45) is 1.34. The normalized spacial score (nSPS) is 18.5. The van der Waals surface area contributed by atoms with E-state index in [-0.39, 0.29) is 28.7 Å². The molecule has 1 aromatic carbocycles. The number of sulfone groups is 1. The number of carbonyl (C=O) groups is 2. The van der Waals surface area contributed by atoms with Crippen LogP contribution in [-0.4, -0.2) is 48.5 Å². The molecular formula is C17H21N3O4S2. The SMILES string of the molecule is CC(C)(C)N1C[C@@H](C(=O)Nc2nc3ccc(S(C)(=O)=O)cc3s2)CC1=O. The number of hydrogen-bond acceptors (Lipinski definition) is 6. The number of benzene rings is 1. The first-order chi connectivity index (χ1) is 11.9. The Labute approximate surface area is 156 Å². The lowest BCUT2D eigenvalue weighted by Crippen LogP contribution is -2.42. The molecule has 3 rings (SSSR count). The smallest absolute Gasteiger partial charge is 0.231 e. The molecule has 1 saturated heterocycles. The fraction of sp³-hybridized carbons (Fsp3) is 0.471. The molecule has 9 heteroatoms. The second-order valence-corrected chi connectivity index (χ2v) is 10.5. The molecule has 0 bridgehead atoms. The summed E-state index contributed by atoms with van der Waals surface area (Å²) in [6.45, 7) is 6.21. The van der Waals surface area contributed by atoms with Crippen LogP contribution in [0.15, 0.2) is 23.1 Å². The largest absolute Gasteiger partial charge is 0.337 e. The molecule has 2 amide bonds. The van der Waals surface area contributed by atoms with Crippen molar-refractivity contribution in [3.8, 4) is 0 Å². The van der Waals surface area contributed by atoms with Crippen LogP contribution in [0.25, 0.3) is 10.2 Å². The maximum absolute atomic E-state index is 12.5. The minimum atomic E-state index is -3.30. The minimum Gasteiger partial charge on any atom is -0.337 e. The summed E-state index contributed by atoms with van der Waals surface area (Å²) >= 11 is 1.22. The Balaban J connectivity index is 1.77. The van der Waals surface area contributed by atoms with Crippen LogP contribution in [0.3, 0.4) is 0 Å². The lowest BCUT2D eigenvalue weighted by atomic mass is 10.1. The van der Waals surface area contributed by atoms with E-state index in [1.54, 1.807) is 17.0 Å². The van der Waals surface area contributed by atoms with Gasteiger partial charge in [0, 0.05) is 24.8 Å². The van der Waals surface area contributed by atoms with Crippen LogP contribution >= 0.6 is 11.3 Å². The van der Waals surface area contributed by atoms with Gasteiger partial charge in [-0.3, -0.25) is 9.59 Å². The van der Waals surface area contributed by atoms with E-state index in [0.29, 0.717) is 21.9 Å². The van der Waals surface area contributed by atoms with Crippen LogP contribution in [0.5, 0.6) is 0 Å². The number of fused-ring (bicyclic) bond motifs is 1. The van der Waals surface area contributed by atoms with Gasteiger partial charge in [-0.15, -0.1) is 0 Å². The van der Waals surface area contributed by atoms with Crippen LogP contribution in [0.1, 0.15) is 27.2 Å². The van der Waals surface area contributed by atoms with Crippen molar-refractivity contribution >= 4 is 48.3 Å². The molecule has 1 atom stereocenters. The van der Waals surface area contributed by atoms with Gasteiger partial charge in [-0.1, -0.05) is 11.3 Å². The van der Waals surface area contributed by atoms with Gasteiger partial charge in [0.2, 0.25) is 11.8 Å². The number of carbonyl (C=O) groups excluding carboxylic acids is 2. The zero-order valence-electron chi connectivity index (χ0n) is 15.1.